The Morgan fingerprint density at radius 1 is 0.877 bits per heavy atom. The highest BCUT2D eigenvalue weighted by Gasteiger charge is 2.55. The molecule has 3 fully saturated rings. The van der Waals surface area contributed by atoms with Crippen molar-refractivity contribution in [1.29, 1.82) is 0 Å². The molecule has 1 aliphatic carbocycles. The average molecular weight is 916 g/mol. The third kappa shape index (κ3) is 14.3. The largest absolute Gasteiger partial charge is 0.460 e. The second kappa shape index (κ2) is 25.1. The van der Waals surface area contributed by atoms with Crippen molar-refractivity contribution in [3.63, 3.8) is 0 Å². The Morgan fingerprint density at radius 3 is 2.28 bits per heavy atom. The summed E-state index contributed by atoms with van der Waals surface area (Å²) in [7, 11) is 4.48. The first-order valence-corrected chi connectivity index (χ1v) is 23.9. The van der Waals surface area contributed by atoms with E-state index < -0.39 is 83.9 Å². The third-order valence-electron chi connectivity index (χ3n) is 14.4. The third-order valence-corrected chi connectivity index (χ3v) is 14.4. The number of cyclic esters (lactones) is 1. The maximum absolute atomic E-state index is 17.1. The molecule has 15 atom stereocenters. The van der Waals surface area contributed by atoms with E-state index in [1.807, 2.05) is 58.1 Å². The van der Waals surface area contributed by atoms with E-state index in [9.17, 15) is 34.2 Å². The molecule has 2 saturated heterocycles. The lowest BCUT2D eigenvalue weighted by atomic mass is 9.78. The lowest BCUT2D eigenvalue weighted by Gasteiger charge is -2.41. The number of Topliss-reactive ketones (excluding diaryl/α,β-unsaturated/α-hetero) is 3. The number of ketones is 3. The number of carbonyl (C=O) groups is 5. The summed E-state index contributed by atoms with van der Waals surface area (Å²) >= 11 is 0. The van der Waals surface area contributed by atoms with E-state index in [2.05, 4.69) is 0 Å². The van der Waals surface area contributed by atoms with Gasteiger partial charge in [-0.15, -0.1) is 0 Å². The maximum atomic E-state index is 17.1. The normalized spacial score (nSPS) is 37.8. The average Bonchev–Trinajstić information content (AvgIpc) is 3.28. The van der Waals surface area contributed by atoms with E-state index in [0.717, 1.165) is 10.5 Å². The summed E-state index contributed by atoms with van der Waals surface area (Å²) in [5, 5.41) is 21.9. The van der Waals surface area contributed by atoms with Gasteiger partial charge in [0.25, 0.3) is 17.5 Å². The Morgan fingerprint density at radius 2 is 1.60 bits per heavy atom. The van der Waals surface area contributed by atoms with Crippen LogP contribution in [0.3, 0.4) is 0 Å². The first-order chi connectivity index (χ1) is 30.7. The summed E-state index contributed by atoms with van der Waals surface area (Å²) in [5.41, 5.74) is 1.14. The first-order valence-electron chi connectivity index (χ1n) is 23.9. The van der Waals surface area contributed by atoms with Gasteiger partial charge in [-0.2, -0.15) is 0 Å². The number of ether oxygens (including phenoxy) is 5. The topological polar surface area (TPSA) is 175 Å². The van der Waals surface area contributed by atoms with Gasteiger partial charge in [-0.25, -0.2) is 9.18 Å². The van der Waals surface area contributed by atoms with Gasteiger partial charge in [0.2, 0.25) is 0 Å². The van der Waals surface area contributed by atoms with E-state index in [4.69, 9.17) is 23.7 Å². The van der Waals surface area contributed by atoms with Crippen LogP contribution < -0.4 is 0 Å². The molecule has 2 N–H and O–H groups in total. The molecule has 366 valence electrons. The van der Waals surface area contributed by atoms with Crippen LogP contribution in [-0.4, -0.2) is 127 Å². The summed E-state index contributed by atoms with van der Waals surface area (Å²) in [6.07, 6.45) is 10.4. The van der Waals surface area contributed by atoms with Crippen molar-refractivity contribution in [2.45, 2.75) is 180 Å². The molecule has 13 nitrogen and oxygen atoms in total. The van der Waals surface area contributed by atoms with E-state index in [0.29, 0.717) is 56.9 Å². The Hall–Kier alpha value is -3.40. The fraction of sp³-hybridized carbons (Fsp3) is 0.745. The molecule has 65 heavy (non-hydrogen) atoms. The van der Waals surface area contributed by atoms with Crippen LogP contribution >= 0.6 is 0 Å². The smallest absolute Gasteiger partial charge is 0.329 e. The molecule has 0 aromatic carbocycles. The number of hydrogen-bond acceptors (Lipinski definition) is 12. The number of alkyl halides is 1. The number of allylic oxidation sites excluding steroid dienone is 6. The number of methoxy groups -OCH3 is 3. The molecule has 14 heteroatoms. The van der Waals surface area contributed by atoms with E-state index >= 15 is 4.39 Å². The number of aliphatic hydroxyl groups excluding tert-OH is 2. The van der Waals surface area contributed by atoms with Crippen molar-refractivity contribution in [3.05, 3.63) is 47.6 Å². The number of hydrogen-bond donors (Lipinski definition) is 2. The maximum Gasteiger partial charge on any atom is 0.329 e. The molecule has 1 amide bonds. The molecule has 0 radical (unpaired) electrons. The summed E-state index contributed by atoms with van der Waals surface area (Å²) in [6.45, 7) is 12.5. The van der Waals surface area contributed by atoms with Crippen molar-refractivity contribution >= 4 is 29.2 Å². The Balaban J connectivity index is 1.70. The molecule has 9 unspecified atom stereocenters. The minimum Gasteiger partial charge on any atom is -0.460 e. The van der Waals surface area contributed by atoms with Crippen LogP contribution in [0.4, 0.5) is 4.39 Å². The van der Waals surface area contributed by atoms with Crippen molar-refractivity contribution < 1.29 is 62.3 Å². The second-order valence-electron chi connectivity index (χ2n) is 19.6. The van der Waals surface area contributed by atoms with Crippen molar-refractivity contribution in [1.82, 2.24) is 4.90 Å². The zero-order valence-corrected chi connectivity index (χ0v) is 40.5. The number of esters is 1. The number of fused-ring (bicyclic) bond motifs is 3. The van der Waals surface area contributed by atoms with Crippen LogP contribution in [0.1, 0.15) is 126 Å². The second-order valence-corrected chi connectivity index (χ2v) is 19.6. The minimum absolute atomic E-state index is 0.0102. The van der Waals surface area contributed by atoms with Gasteiger partial charge in [-0.05, 0) is 107 Å². The van der Waals surface area contributed by atoms with Gasteiger partial charge >= 0.3 is 5.97 Å². The number of nitrogens with zero attached hydrogens (tertiary/aromatic N) is 1. The van der Waals surface area contributed by atoms with Crippen LogP contribution in [0, 0.1) is 35.5 Å². The van der Waals surface area contributed by atoms with Crippen molar-refractivity contribution in [2.24, 2.45) is 35.5 Å². The molecule has 3 heterocycles. The van der Waals surface area contributed by atoms with Gasteiger partial charge in [0.05, 0.1) is 30.5 Å². The van der Waals surface area contributed by atoms with Crippen LogP contribution in [0.5, 0.6) is 0 Å². The van der Waals surface area contributed by atoms with Crippen LogP contribution in [0.25, 0.3) is 0 Å². The predicted molar refractivity (Wildman–Crippen MR) is 244 cm³/mol. The molecule has 2 bridgehead atoms. The van der Waals surface area contributed by atoms with Gasteiger partial charge < -0.3 is 38.8 Å². The molecule has 0 aromatic rings. The summed E-state index contributed by atoms with van der Waals surface area (Å²) in [6, 6.07) is -1.20. The molecule has 4 rings (SSSR count). The predicted octanol–water partition coefficient (Wildman–Crippen LogP) is 7.16. The van der Waals surface area contributed by atoms with Gasteiger partial charge in [-0.3, -0.25) is 19.2 Å². The molecular weight excluding hydrogens is 838 g/mol. The Bertz CT molecular complexity index is 1760. The summed E-state index contributed by atoms with van der Waals surface area (Å²) < 4.78 is 46.1. The zero-order valence-electron chi connectivity index (χ0n) is 40.5. The highest BCUT2D eigenvalue weighted by Crippen LogP contribution is 2.40. The minimum atomic E-state index is -2.93. The molecule has 3 aliphatic heterocycles. The monoisotopic (exact) mass is 916 g/mol. The summed E-state index contributed by atoms with van der Waals surface area (Å²) in [4.78, 5) is 71.4. The number of piperidine rings is 1. The van der Waals surface area contributed by atoms with Crippen LogP contribution in [0.15, 0.2) is 47.6 Å². The lowest BCUT2D eigenvalue weighted by Crippen LogP contribution is -2.59. The highest BCUT2D eigenvalue weighted by atomic mass is 19.2. The van der Waals surface area contributed by atoms with Gasteiger partial charge in [0, 0.05) is 58.5 Å². The summed E-state index contributed by atoms with van der Waals surface area (Å²) in [5.74, 6) is -9.13. The van der Waals surface area contributed by atoms with Crippen LogP contribution in [-0.2, 0) is 47.7 Å². The molecule has 0 aromatic heterocycles. The number of carbonyl (C=O) groups excluding carboxylic acids is 5. The van der Waals surface area contributed by atoms with E-state index in [-0.39, 0.29) is 67.7 Å². The van der Waals surface area contributed by atoms with Gasteiger partial charge in [0.1, 0.15) is 18.2 Å². The molecular formula is C51H78FNO12. The SMILES string of the molecule is COC1CC(C[C@@H](C)[C@@H]2CC(=O)C(C)=CC(C)C(O)[C@@H](OC)C(=O)C(C)C[C@H](C)C=CC=CC=C(C)[C@@H](OC)CC3CCC(C)C(F)(O3)C(=O)C(=O)N3CCCCC3C(=O)O2)CC[C@H]1O. The highest BCUT2D eigenvalue weighted by molar-refractivity contribution is 6.39. The van der Waals surface area contributed by atoms with Gasteiger partial charge in [-0.1, -0.05) is 71.1 Å². The first kappa shape index (κ1) is 54.2. The van der Waals surface area contributed by atoms with Crippen molar-refractivity contribution in [3.8, 4) is 0 Å². The molecule has 0 spiro atoms. The Labute approximate surface area is 386 Å². The Kier molecular flexibility index (Phi) is 20.9. The lowest BCUT2D eigenvalue weighted by molar-refractivity contribution is -0.231. The zero-order chi connectivity index (χ0) is 48.2. The number of rotatable bonds is 6. The van der Waals surface area contributed by atoms with Crippen LogP contribution in [0.2, 0.25) is 0 Å². The standard InChI is InChI=1S/C51H78FNO12/c1-30-16-12-11-13-17-31(2)42(61-8)28-38-21-19-36(7)51(52,65-38)48(58)49(59)53-23-15-14-18-39(53)50(60)64-43(33(4)26-37-20-22-40(54)44(27-37)62-9)29-41(55)32(3)25-35(6)46(57)47(63-10)45(56)34(5)24-30/h11-13,16-17,25,30,33-40,42-44,46-47,54,57H,14-15,18-24,26-29H2,1-10H3/t30-,33-,34?,35?,36?,37?,38?,39?,40-,42+,43+,44?,46?,47+,51?/m1/s1. The number of amides is 1. The molecule has 1 saturated carbocycles. The van der Waals surface area contributed by atoms with E-state index in [1.54, 1.807) is 41.1 Å². The number of halogens is 1. The fourth-order valence-corrected chi connectivity index (χ4v) is 10.1. The number of aliphatic hydroxyl groups is 2. The quantitative estimate of drug-likeness (QED) is 0.204. The molecule has 4 aliphatic rings. The fourth-order valence-electron chi connectivity index (χ4n) is 10.1. The van der Waals surface area contributed by atoms with E-state index in [1.165, 1.54) is 7.11 Å². The van der Waals surface area contributed by atoms with Gasteiger partial charge in [0.15, 0.2) is 11.6 Å². The van der Waals surface area contributed by atoms with Crippen molar-refractivity contribution in [2.75, 3.05) is 27.9 Å².